The highest BCUT2D eigenvalue weighted by atomic mass is 35.5. The lowest BCUT2D eigenvalue weighted by atomic mass is 10.2. The van der Waals surface area contributed by atoms with Gasteiger partial charge in [0.25, 0.3) is 0 Å². The summed E-state index contributed by atoms with van der Waals surface area (Å²) in [7, 11) is 0. The quantitative estimate of drug-likeness (QED) is 0.416. The van der Waals surface area contributed by atoms with Crippen molar-refractivity contribution in [3.8, 4) is 11.4 Å². The van der Waals surface area contributed by atoms with Crippen LogP contribution in [0.15, 0.2) is 49.1 Å². The SMILES string of the molecule is OC[C@@H]1CCCN1c1nc(Nc2cn(-c3ccc(OC(F)(F)F)c(Cl)c3)cn2)c2cccn2n1. The van der Waals surface area contributed by atoms with E-state index >= 15 is 0 Å². The number of aliphatic hydroxyl groups excluding tert-OH is 1. The maximum atomic E-state index is 12.5. The van der Waals surface area contributed by atoms with Crippen LogP contribution in [0.4, 0.5) is 30.8 Å². The van der Waals surface area contributed by atoms with Gasteiger partial charge in [-0.1, -0.05) is 11.6 Å². The Hall–Kier alpha value is -3.51. The summed E-state index contributed by atoms with van der Waals surface area (Å²) in [5.74, 6) is 0.994. The van der Waals surface area contributed by atoms with Crippen LogP contribution >= 0.6 is 11.6 Å². The Kier molecular flexibility index (Phi) is 5.70. The molecule has 5 rings (SSSR count). The summed E-state index contributed by atoms with van der Waals surface area (Å²) in [6.07, 6.45) is 1.94. The first-order valence-corrected chi connectivity index (χ1v) is 10.8. The van der Waals surface area contributed by atoms with Crippen LogP contribution in [0, 0.1) is 0 Å². The van der Waals surface area contributed by atoms with E-state index < -0.39 is 12.1 Å². The van der Waals surface area contributed by atoms with Crippen LogP contribution < -0.4 is 15.0 Å². The number of nitrogens with one attached hydrogen (secondary N) is 1. The topological polar surface area (TPSA) is 92.7 Å². The molecule has 4 aromatic rings. The van der Waals surface area contributed by atoms with Gasteiger partial charge in [0.2, 0.25) is 5.95 Å². The van der Waals surface area contributed by atoms with Crippen molar-refractivity contribution in [2.45, 2.75) is 25.2 Å². The fourth-order valence-electron chi connectivity index (χ4n) is 3.93. The average Bonchev–Trinajstić information content (AvgIpc) is 3.54. The third-order valence-electron chi connectivity index (χ3n) is 5.49. The monoisotopic (exact) mass is 493 g/mol. The zero-order chi connectivity index (χ0) is 23.9. The summed E-state index contributed by atoms with van der Waals surface area (Å²) in [6.45, 7) is 0.774. The van der Waals surface area contributed by atoms with E-state index in [1.807, 2.05) is 17.0 Å². The van der Waals surface area contributed by atoms with Crippen molar-refractivity contribution in [2.24, 2.45) is 0 Å². The number of imidazole rings is 1. The van der Waals surface area contributed by atoms with Gasteiger partial charge in [0, 0.05) is 18.4 Å². The second kappa shape index (κ2) is 8.69. The zero-order valence-electron chi connectivity index (χ0n) is 17.6. The first-order valence-electron chi connectivity index (χ1n) is 10.4. The third-order valence-corrected chi connectivity index (χ3v) is 5.79. The predicted molar refractivity (Wildman–Crippen MR) is 119 cm³/mol. The maximum absolute atomic E-state index is 12.5. The molecule has 2 N–H and O–H groups in total. The Balaban J connectivity index is 1.41. The van der Waals surface area contributed by atoms with Gasteiger partial charge in [0.05, 0.1) is 23.9 Å². The molecule has 34 heavy (non-hydrogen) atoms. The number of alkyl halides is 3. The minimum Gasteiger partial charge on any atom is -0.404 e. The second-order valence-corrected chi connectivity index (χ2v) is 8.13. The number of aliphatic hydroxyl groups is 1. The highest BCUT2D eigenvalue weighted by Gasteiger charge is 2.32. The molecule has 3 aromatic heterocycles. The van der Waals surface area contributed by atoms with Gasteiger partial charge in [-0.05, 0) is 43.2 Å². The lowest BCUT2D eigenvalue weighted by Crippen LogP contribution is -2.34. The van der Waals surface area contributed by atoms with Crippen molar-refractivity contribution in [1.82, 2.24) is 24.1 Å². The molecule has 0 unspecified atom stereocenters. The normalized spacial score (nSPS) is 16.4. The number of nitrogens with zero attached hydrogens (tertiary/aromatic N) is 6. The average molecular weight is 494 g/mol. The van der Waals surface area contributed by atoms with E-state index in [1.54, 1.807) is 21.5 Å². The summed E-state index contributed by atoms with van der Waals surface area (Å²) >= 11 is 5.96. The number of ether oxygens (including phenoxy) is 1. The zero-order valence-corrected chi connectivity index (χ0v) is 18.3. The molecule has 1 atom stereocenters. The van der Waals surface area contributed by atoms with Gasteiger partial charge in [-0.2, -0.15) is 4.98 Å². The number of hydrogen-bond acceptors (Lipinski definition) is 7. The molecule has 4 heterocycles. The lowest BCUT2D eigenvalue weighted by molar-refractivity contribution is -0.274. The van der Waals surface area contributed by atoms with Gasteiger partial charge < -0.3 is 24.6 Å². The summed E-state index contributed by atoms with van der Waals surface area (Å²) in [5, 5.41) is 17.2. The van der Waals surface area contributed by atoms with Crippen LogP contribution in [-0.4, -0.2) is 54.8 Å². The highest BCUT2D eigenvalue weighted by molar-refractivity contribution is 6.32. The molecule has 1 saturated heterocycles. The largest absolute Gasteiger partial charge is 0.573 e. The molecule has 0 aliphatic carbocycles. The molecule has 0 spiro atoms. The van der Waals surface area contributed by atoms with Gasteiger partial charge >= 0.3 is 6.36 Å². The molecule has 1 aromatic carbocycles. The van der Waals surface area contributed by atoms with Crippen LogP contribution in [-0.2, 0) is 0 Å². The number of anilines is 3. The van der Waals surface area contributed by atoms with Crippen LogP contribution in [0.25, 0.3) is 11.2 Å². The predicted octanol–water partition coefficient (Wildman–Crippen LogP) is 4.17. The van der Waals surface area contributed by atoms with E-state index in [4.69, 9.17) is 11.6 Å². The fourth-order valence-corrected chi connectivity index (χ4v) is 4.15. The summed E-state index contributed by atoms with van der Waals surface area (Å²) < 4.78 is 44.6. The molecule has 0 radical (unpaired) electrons. The minimum absolute atomic E-state index is 0.0234. The molecule has 178 valence electrons. The standard InChI is InChI=1S/C21H19ClF3N7O2/c22-15-9-13(5-6-17(15)34-21(23,24)25)30-10-18(26-12-30)27-19-16-4-2-8-32(16)29-20(28-19)31-7-1-3-14(31)11-33/h2,4-6,8-10,12,14,33H,1,3,7,11H2,(H,27,28,29)/t14-/m0/s1. The molecule has 0 bridgehead atoms. The van der Waals surface area contributed by atoms with Crippen LogP contribution in [0.1, 0.15) is 12.8 Å². The summed E-state index contributed by atoms with van der Waals surface area (Å²) in [4.78, 5) is 11.0. The number of halogens is 4. The maximum Gasteiger partial charge on any atom is 0.573 e. The number of benzene rings is 1. The van der Waals surface area contributed by atoms with Crippen molar-refractivity contribution < 1.29 is 23.0 Å². The number of hydrogen-bond donors (Lipinski definition) is 2. The lowest BCUT2D eigenvalue weighted by Gasteiger charge is -2.23. The Bertz CT molecular complexity index is 1320. The molecule has 1 fully saturated rings. The van der Waals surface area contributed by atoms with E-state index in [2.05, 4.69) is 25.1 Å². The van der Waals surface area contributed by atoms with E-state index in [0.717, 1.165) is 31.0 Å². The first kappa shape index (κ1) is 22.3. The molecule has 1 aliphatic heterocycles. The molecule has 0 amide bonds. The van der Waals surface area contributed by atoms with Crippen molar-refractivity contribution in [2.75, 3.05) is 23.4 Å². The van der Waals surface area contributed by atoms with Gasteiger partial charge in [-0.15, -0.1) is 18.3 Å². The molecular formula is C21H19ClF3N7O2. The van der Waals surface area contributed by atoms with Crippen molar-refractivity contribution >= 4 is 34.7 Å². The number of rotatable bonds is 6. The Labute approximate surface area is 196 Å². The summed E-state index contributed by atoms with van der Waals surface area (Å²) in [6, 6.07) is 7.61. The number of aromatic nitrogens is 5. The van der Waals surface area contributed by atoms with E-state index in [0.29, 0.717) is 23.3 Å². The minimum atomic E-state index is -4.83. The van der Waals surface area contributed by atoms with E-state index in [9.17, 15) is 18.3 Å². The molecule has 13 heteroatoms. The molecule has 0 saturated carbocycles. The van der Waals surface area contributed by atoms with Gasteiger partial charge in [0.15, 0.2) is 5.82 Å². The Morgan fingerprint density at radius 2 is 2.12 bits per heavy atom. The second-order valence-electron chi connectivity index (χ2n) is 7.72. The highest BCUT2D eigenvalue weighted by Crippen LogP contribution is 2.32. The van der Waals surface area contributed by atoms with Gasteiger partial charge in [-0.25, -0.2) is 9.50 Å². The third kappa shape index (κ3) is 4.46. The van der Waals surface area contributed by atoms with Crippen LogP contribution in [0.2, 0.25) is 5.02 Å². The Morgan fingerprint density at radius 3 is 2.88 bits per heavy atom. The first-order chi connectivity index (χ1) is 16.3. The van der Waals surface area contributed by atoms with E-state index in [1.165, 1.54) is 18.5 Å². The van der Waals surface area contributed by atoms with Crippen molar-refractivity contribution in [1.29, 1.82) is 0 Å². The van der Waals surface area contributed by atoms with Gasteiger partial charge in [0.1, 0.15) is 23.4 Å². The van der Waals surface area contributed by atoms with E-state index in [-0.39, 0.29) is 17.7 Å². The van der Waals surface area contributed by atoms with Gasteiger partial charge in [-0.3, -0.25) is 0 Å². The van der Waals surface area contributed by atoms with Crippen LogP contribution in [0.5, 0.6) is 5.75 Å². The molecule has 9 nitrogen and oxygen atoms in total. The molecular weight excluding hydrogens is 475 g/mol. The van der Waals surface area contributed by atoms with Crippen LogP contribution in [0.3, 0.4) is 0 Å². The van der Waals surface area contributed by atoms with Crippen molar-refractivity contribution in [3.63, 3.8) is 0 Å². The molecule has 1 aliphatic rings. The van der Waals surface area contributed by atoms with Crippen molar-refractivity contribution in [3.05, 3.63) is 54.1 Å². The summed E-state index contributed by atoms with van der Waals surface area (Å²) in [5.41, 5.74) is 1.23. The smallest absolute Gasteiger partial charge is 0.404 e. The fraction of sp³-hybridized carbons (Fsp3) is 0.286. The Morgan fingerprint density at radius 1 is 1.26 bits per heavy atom. The number of fused-ring (bicyclic) bond motifs is 1.